The van der Waals surface area contributed by atoms with Gasteiger partial charge in [0.25, 0.3) is 5.91 Å². The zero-order valence-corrected chi connectivity index (χ0v) is 11.8. The number of hydrogen-bond acceptors (Lipinski definition) is 3. The van der Waals surface area contributed by atoms with Gasteiger partial charge in [-0.1, -0.05) is 0 Å². The molecule has 0 spiro atoms. The van der Waals surface area contributed by atoms with E-state index in [0.29, 0.717) is 12.3 Å². The van der Waals surface area contributed by atoms with E-state index in [4.69, 9.17) is 9.84 Å². The van der Waals surface area contributed by atoms with Crippen molar-refractivity contribution in [1.82, 2.24) is 5.32 Å². The topological polar surface area (TPSA) is 58.6 Å². The lowest BCUT2D eigenvalue weighted by molar-refractivity contribution is -0.128. The molecule has 0 saturated heterocycles. The quantitative estimate of drug-likeness (QED) is 0.810. The van der Waals surface area contributed by atoms with Crippen molar-refractivity contribution in [2.24, 2.45) is 5.92 Å². The summed E-state index contributed by atoms with van der Waals surface area (Å²) in [6.45, 7) is 1.55. The maximum Gasteiger partial charge on any atom is 0.261 e. The summed E-state index contributed by atoms with van der Waals surface area (Å²) < 4.78 is 31.2. The first-order chi connectivity index (χ1) is 10.0. The molecule has 0 heterocycles. The van der Waals surface area contributed by atoms with Crippen LogP contribution < -0.4 is 10.1 Å². The van der Waals surface area contributed by atoms with Crippen LogP contribution in [0.25, 0.3) is 0 Å². The van der Waals surface area contributed by atoms with Crippen LogP contribution >= 0.6 is 0 Å². The number of aliphatic hydroxyl groups excluding tert-OH is 1. The molecule has 0 aliphatic heterocycles. The number of benzene rings is 1. The molecule has 2 atom stereocenters. The third-order valence-corrected chi connectivity index (χ3v) is 3.53. The fourth-order valence-corrected chi connectivity index (χ4v) is 2.17. The molecule has 1 saturated carbocycles. The highest BCUT2D eigenvalue weighted by Crippen LogP contribution is 2.34. The van der Waals surface area contributed by atoms with E-state index < -0.39 is 17.7 Å². The molecule has 0 bridgehead atoms. The van der Waals surface area contributed by atoms with Crippen molar-refractivity contribution < 1.29 is 23.4 Å². The Hall–Kier alpha value is -1.69. The number of carbonyl (C=O) groups excluding carboxylic acids is 1. The fraction of sp³-hybridized carbons (Fsp3) is 0.533. The second kappa shape index (κ2) is 6.85. The molecule has 2 unspecified atom stereocenters. The molecule has 1 aliphatic carbocycles. The van der Waals surface area contributed by atoms with Gasteiger partial charge in [0.2, 0.25) is 0 Å². The summed E-state index contributed by atoms with van der Waals surface area (Å²) >= 11 is 0. The monoisotopic (exact) mass is 299 g/mol. The highest BCUT2D eigenvalue weighted by Gasteiger charge is 2.32. The van der Waals surface area contributed by atoms with Gasteiger partial charge in [-0.15, -0.1) is 0 Å². The summed E-state index contributed by atoms with van der Waals surface area (Å²) in [6, 6.07) is 3.08. The van der Waals surface area contributed by atoms with Crippen molar-refractivity contribution in [1.29, 1.82) is 0 Å². The first kappa shape index (κ1) is 15.7. The zero-order valence-electron chi connectivity index (χ0n) is 11.8. The van der Waals surface area contributed by atoms with E-state index >= 15 is 0 Å². The lowest BCUT2D eigenvalue weighted by Gasteiger charge is -2.21. The second-order valence-electron chi connectivity index (χ2n) is 5.30. The van der Waals surface area contributed by atoms with Crippen LogP contribution in [-0.2, 0) is 4.79 Å². The van der Waals surface area contributed by atoms with Crippen LogP contribution in [0.5, 0.6) is 5.75 Å². The Balaban J connectivity index is 1.90. The van der Waals surface area contributed by atoms with Gasteiger partial charge in [-0.25, -0.2) is 8.78 Å². The van der Waals surface area contributed by atoms with Crippen molar-refractivity contribution in [2.75, 3.05) is 6.61 Å². The smallest absolute Gasteiger partial charge is 0.261 e. The van der Waals surface area contributed by atoms with Crippen LogP contribution in [0.4, 0.5) is 8.78 Å². The Morgan fingerprint density at radius 1 is 1.43 bits per heavy atom. The molecule has 6 heteroatoms. The van der Waals surface area contributed by atoms with E-state index in [-0.39, 0.29) is 24.3 Å². The van der Waals surface area contributed by atoms with Crippen LogP contribution in [0.1, 0.15) is 26.2 Å². The maximum atomic E-state index is 13.1. The number of amides is 1. The second-order valence-corrected chi connectivity index (χ2v) is 5.30. The number of hydrogen-bond donors (Lipinski definition) is 2. The highest BCUT2D eigenvalue weighted by molar-refractivity contribution is 5.81. The van der Waals surface area contributed by atoms with E-state index in [1.54, 1.807) is 6.92 Å². The molecule has 1 aliphatic rings. The van der Waals surface area contributed by atoms with E-state index in [2.05, 4.69) is 5.32 Å². The lowest BCUT2D eigenvalue weighted by Crippen LogP contribution is -2.44. The molecule has 1 fully saturated rings. The molecule has 0 radical (unpaired) electrons. The van der Waals surface area contributed by atoms with Crippen molar-refractivity contribution in [3.05, 3.63) is 29.8 Å². The number of halogens is 2. The van der Waals surface area contributed by atoms with Crippen molar-refractivity contribution in [2.45, 2.75) is 38.3 Å². The van der Waals surface area contributed by atoms with E-state index in [0.717, 1.165) is 25.0 Å². The molecule has 1 amide bonds. The van der Waals surface area contributed by atoms with Gasteiger partial charge >= 0.3 is 0 Å². The Bertz CT molecular complexity index is 506. The summed E-state index contributed by atoms with van der Waals surface area (Å²) in [7, 11) is 0. The molecule has 1 aromatic carbocycles. The van der Waals surface area contributed by atoms with Crippen molar-refractivity contribution >= 4 is 5.91 Å². The Morgan fingerprint density at radius 3 is 2.71 bits per heavy atom. The first-order valence-electron chi connectivity index (χ1n) is 7.04. The number of nitrogens with one attached hydrogen (secondary N) is 1. The Morgan fingerprint density at radius 2 is 2.14 bits per heavy atom. The molecule has 0 aromatic heterocycles. The summed E-state index contributed by atoms with van der Waals surface area (Å²) in [6.07, 6.45) is 1.77. The molecule has 21 heavy (non-hydrogen) atoms. The largest absolute Gasteiger partial charge is 0.481 e. The first-order valence-corrected chi connectivity index (χ1v) is 7.04. The van der Waals surface area contributed by atoms with Gasteiger partial charge in [-0.05, 0) is 44.2 Å². The van der Waals surface area contributed by atoms with Gasteiger partial charge < -0.3 is 15.2 Å². The molecule has 4 nitrogen and oxygen atoms in total. The summed E-state index contributed by atoms with van der Waals surface area (Å²) in [5, 5.41) is 11.8. The summed E-state index contributed by atoms with van der Waals surface area (Å²) in [5.41, 5.74) is 0. The SMILES string of the molecule is CC(Oc1ccc(F)c(F)c1)C(=O)NC(CCO)C1CC1. The average Bonchev–Trinajstić information content (AvgIpc) is 3.26. The van der Waals surface area contributed by atoms with Crippen LogP contribution in [0.3, 0.4) is 0 Å². The van der Waals surface area contributed by atoms with Gasteiger partial charge in [-0.3, -0.25) is 4.79 Å². The van der Waals surface area contributed by atoms with Gasteiger partial charge in [0.05, 0.1) is 0 Å². The number of carbonyl (C=O) groups is 1. The van der Waals surface area contributed by atoms with Crippen LogP contribution in [0, 0.1) is 17.6 Å². The zero-order chi connectivity index (χ0) is 15.4. The minimum Gasteiger partial charge on any atom is -0.481 e. The third-order valence-electron chi connectivity index (χ3n) is 3.53. The Labute approximate surface area is 122 Å². The average molecular weight is 299 g/mol. The number of aliphatic hydroxyl groups is 1. The summed E-state index contributed by atoms with van der Waals surface area (Å²) in [5.74, 6) is -1.80. The Kier molecular flexibility index (Phi) is 5.12. The van der Waals surface area contributed by atoms with E-state index in [1.807, 2.05) is 0 Å². The lowest BCUT2D eigenvalue weighted by atomic mass is 10.1. The molecule has 2 N–H and O–H groups in total. The van der Waals surface area contributed by atoms with Gasteiger partial charge in [0.1, 0.15) is 5.75 Å². The predicted molar refractivity (Wildman–Crippen MR) is 72.8 cm³/mol. The van der Waals surface area contributed by atoms with Gasteiger partial charge in [-0.2, -0.15) is 0 Å². The minimum absolute atomic E-state index is 0.0137. The standard InChI is InChI=1S/C15H19F2NO3/c1-9(21-11-4-5-12(16)13(17)8-11)15(20)18-14(6-7-19)10-2-3-10/h4-5,8-10,14,19H,2-3,6-7H2,1H3,(H,18,20). The predicted octanol–water partition coefficient (Wildman–Crippen LogP) is 2.01. The van der Waals surface area contributed by atoms with Gasteiger partial charge in [0.15, 0.2) is 17.7 Å². The van der Waals surface area contributed by atoms with Crippen LogP contribution in [-0.4, -0.2) is 29.8 Å². The maximum absolute atomic E-state index is 13.1. The highest BCUT2D eigenvalue weighted by atomic mass is 19.2. The molecular weight excluding hydrogens is 280 g/mol. The van der Waals surface area contributed by atoms with Crippen LogP contribution in [0.2, 0.25) is 0 Å². The number of rotatable bonds is 7. The minimum atomic E-state index is -1.02. The molecule has 2 rings (SSSR count). The van der Waals surface area contributed by atoms with Crippen LogP contribution in [0.15, 0.2) is 18.2 Å². The number of ether oxygens (including phenoxy) is 1. The molecule has 116 valence electrons. The van der Waals surface area contributed by atoms with E-state index in [1.165, 1.54) is 6.07 Å². The normalized spacial score (nSPS) is 17.1. The van der Waals surface area contributed by atoms with E-state index in [9.17, 15) is 13.6 Å². The summed E-state index contributed by atoms with van der Waals surface area (Å²) in [4.78, 5) is 12.0. The molecule has 1 aromatic rings. The fourth-order valence-electron chi connectivity index (χ4n) is 2.17. The third kappa shape index (κ3) is 4.39. The van der Waals surface area contributed by atoms with Crippen molar-refractivity contribution in [3.63, 3.8) is 0 Å². The van der Waals surface area contributed by atoms with Gasteiger partial charge in [0, 0.05) is 18.7 Å². The molecular formula is C15H19F2NO3. The van der Waals surface area contributed by atoms with Crippen molar-refractivity contribution in [3.8, 4) is 5.75 Å².